The van der Waals surface area contributed by atoms with Crippen LogP contribution in [0.4, 0.5) is 0 Å². The van der Waals surface area contributed by atoms with Gasteiger partial charge in [-0.3, -0.25) is 4.79 Å². The smallest absolute Gasteiger partial charge is 0.308 e. The van der Waals surface area contributed by atoms with Crippen molar-refractivity contribution in [2.45, 2.75) is 33.1 Å². The Bertz CT molecular complexity index is 374. The Hall–Kier alpha value is -1.51. The van der Waals surface area contributed by atoms with Crippen molar-refractivity contribution in [3.63, 3.8) is 0 Å². The fourth-order valence-corrected chi connectivity index (χ4v) is 1.83. The number of hydrogen-bond acceptors (Lipinski definition) is 3. The molecule has 0 bridgehead atoms. The van der Waals surface area contributed by atoms with E-state index in [2.05, 4.69) is 6.92 Å². The van der Waals surface area contributed by atoms with E-state index >= 15 is 0 Å². The summed E-state index contributed by atoms with van der Waals surface area (Å²) in [6, 6.07) is 7.92. The van der Waals surface area contributed by atoms with Gasteiger partial charge in [-0.05, 0) is 37.0 Å². The quantitative estimate of drug-likeness (QED) is 0.697. The topological polar surface area (TPSA) is 35.5 Å². The highest BCUT2D eigenvalue weighted by Gasteiger charge is 2.17. The van der Waals surface area contributed by atoms with Gasteiger partial charge in [0.15, 0.2) is 0 Å². The molecule has 0 aromatic heterocycles. The van der Waals surface area contributed by atoms with Gasteiger partial charge in [-0.2, -0.15) is 0 Å². The molecule has 1 aromatic carbocycles. The molecule has 0 spiro atoms. The zero-order chi connectivity index (χ0) is 13.4. The third-order valence-corrected chi connectivity index (χ3v) is 2.88. The summed E-state index contributed by atoms with van der Waals surface area (Å²) in [5, 5.41) is 0. The van der Waals surface area contributed by atoms with Crippen LogP contribution in [-0.4, -0.2) is 19.7 Å². The van der Waals surface area contributed by atoms with Crippen molar-refractivity contribution >= 4 is 5.97 Å². The van der Waals surface area contributed by atoms with Gasteiger partial charge < -0.3 is 9.47 Å². The Morgan fingerprint density at radius 1 is 1.33 bits per heavy atom. The lowest BCUT2D eigenvalue weighted by molar-refractivity contribution is -0.145. The molecule has 1 rings (SSSR count). The van der Waals surface area contributed by atoms with Crippen LogP contribution >= 0.6 is 0 Å². The maximum atomic E-state index is 11.6. The lowest BCUT2D eigenvalue weighted by Gasteiger charge is -2.13. The molecule has 0 fully saturated rings. The van der Waals surface area contributed by atoms with Crippen molar-refractivity contribution in [1.29, 1.82) is 0 Å². The van der Waals surface area contributed by atoms with Crippen LogP contribution in [0.1, 0.15) is 32.3 Å². The minimum absolute atomic E-state index is 0.0728. The maximum absolute atomic E-state index is 11.6. The average Bonchev–Trinajstić information content (AvgIpc) is 2.42. The lowest BCUT2D eigenvalue weighted by Crippen LogP contribution is -2.17. The number of benzene rings is 1. The van der Waals surface area contributed by atoms with Crippen LogP contribution in [0.2, 0.25) is 0 Å². The Kier molecular flexibility index (Phi) is 6.26. The highest BCUT2D eigenvalue weighted by Crippen LogP contribution is 2.19. The molecule has 100 valence electrons. The van der Waals surface area contributed by atoms with Crippen molar-refractivity contribution in [2.75, 3.05) is 13.7 Å². The lowest BCUT2D eigenvalue weighted by atomic mass is 9.97. The van der Waals surface area contributed by atoms with E-state index in [9.17, 15) is 4.79 Å². The predicted molar refractivity (Wildman–Crippen MR) is 71.7 cm³/mol. The number of hydrogen-bond donors (Lipinski definition) is 0. The van der Waals surface area contributed by atoms with E-state index in [4.69, 9.17) is 9.47 Å². The fraction of sp³-hybridized carbons (Fsp3) is 0.533. The molecule has 3 nitrogen and oxygen atoms in total. The molecule has 0 radical (unpaired) electrons. The summed E-state index contributed by atoms with van der Waals surface area (Å²) >= 11 is 0. The second-order valence-corrected chi connectivity index (χ2v) is 4.33. The highest BCUT2D eigenvalue weighted by molar-refractivity contribution is 5.72. The van der Waals surface area contributed by atoms with Gasteiger partial charge in [0, 0.05) is 0 Å². The molecular weight excluding hydrogens is 228 g/mol. The number of carbonyl (C=O) groups excluding carboxylic acids is 1. The summed E-state index contributed by atoms with van der Waals surface area (Å²) in [7, 11) is 1.44. The van der Waals surface area contributed by atoms with Crippen LogP contribution < -0.4 is 4.74 Å². The summed E-state index contributed by atoms with van der Waals surface area (Å²) in [4.78, 5) is 11.6. The molecule has 3 heteroatoms. The van der Waals surface area contributed by atoms with E-state index in [0.29, 0.717) is 6.42 Å². The molecule has 18 heavy (non-hydrogen) atoms. The van der Waals surface area contributed by atoms with Crippen LogP contribution in [0, 0.1) is 5.92 Å². The molecule has 0 aliphatic rings. The van der Waals surface area contributed by atoms with E-state index in [0.717, 1.165) is 30.8 Å². The van der Waals surface area contributed by atoms with Crippen molar-refractivity contribution in [3.05, 3.63) is 29.8 Å². The Balaban J connectivity index is 2.68. The minimum atomic E-state index is -0.141. The van der Waals surface area contributed by atoms with Crippen LogP contribution in [0.25, 0.3) is 0 Å². The molecule has 1 atom stereocenters. The monoisotopic (exact) mass is 250 g/mol. The number of carbonyl (C=O) groups is 1. The van der Waals surface area contributed by atoms with E-state index < -0.39 is 0 Å². The number of rotatable bonds is 7. The van der Waals surface area contributed by atoms with Gasteiger partial charge in [0.25, 0.3) is 0 Å². The van der Waals surface area contributed by atoms with Crippen LogP contribution in [0.15, 0.2) is 24.3 Å². The zero-order valence-electron chi connectivity index (χ0n) is 11.4. The number of ether oxygens (including phenoxy) is 2. The normalized spacial score (nSPS) is 11.9. The van der Waals surface area contributed by atoms with Crippen molar-refractivity contribution in [1.82, 2.24) is 0 Å². The molecule has 1 unspecified atom stereocenters. The molecule has 0 aliphatic heterocycles. The van der Waals surface area contributed by atoms with Gasteiger partial charge in [0.1, 0.15) is 5.75 Å². The average molecular weight is 250 g/mol. The van der Waals surface area contributed by atoms with Crippen molar-refractivity contribution < 1.29 is 14.3 Å². The van der Waals surface area contributed by atoms with Crippen molar-refractivity contribution in [3.8, 4) is 5.75 Å². The summed E-state index contributed by atoms with van der Waals surface area (Å²) in [5.74, 6) is 0.655. The number of esters is 1. The first-order valence-corrected chi connectivity index (χ1v) is 6.50. The van der Waals surface area contributed by atoms with Crippen LogP contribution in [-0.2, 0) is 16.0 Å². The molecule has 0 saturated carbocycles. The maximum Gasteiger partial charge on any atom is 0.308 e. The van der Waals surface area contributed by atoms with Gasteiger partial charge in [0.05, 0.1) is 19.6 Å². The molecule has 0 heterocycles. The summed E-state index contributed by atoms with van der Waals surface area (Å²) < 4.78 is 10.4. The summed E-state index contributed by atoms with van der Waals surface area (Å²) in [6.45, 7) is 4.80. The molecule has 0 amide bonds. The fourth-order valence-electron chi connectivity index (χ4n) is 1.83. The van der Waals surface area contributed by atoms with Gasteiger partial charge in [-0.25, -0.2) is 0 Å². The van der Waals surface area contributed by atoms with Crippen LogP contribution in [0.5, 0.6) is 5.75 Å². The van der Waals surface area contributed by atoms with Crippen molar-refractivity contribution in [2.24, 2.45) is 5.92 Å². The molecule has 0 aliphatic carbocycles. The third kappa shape index (κ3) is 4.40. The Morgan fingerprint density at radius 2 is 2.11 bits per heavy atom. The molecule has 1 aromatic rings. The van der Waals surface area contributed by atoms with Gasteiger partial charge in [-0.15, -0.1) is 0 Å². The van der Waals surface area contributed by atoms with E-state index in [1.54, 1.807) is 0 Å². The first-order valence-electron chi connectivity index (χ1n) is 6.50. The van der Waals surface area contributed by atoms with E-state index in [1.165, 1.54) is 7.11 Å². The number of methoxy groups -OCH3 is 1. The highest BCUT2D eigenvalue weighted by atomic mass is 16.5. The predicted octanol–water partition coefficient (Wildman–Crippen LogP) is 3.22. The van der Waals surface area contributed by atoms with E-state index in [-0.39, 0.29) is 11.9 Å². The first-order chi connectivity index (χ1) is 8.71. The largest absolute Gasteiger partial charge is 0.494 e. The Labute approximate surface area is 109 Å². The third-order valence-electron chi connectivity index (χ3n) is 2.88. The zero-order valence-corrected chi connectivity index (χ0v) is 11.4. The van der Waals surface area contributed by atoms with E-state index in [1.807, 2.05) is 31.2 Å². The molecular formula is C15H22O3. The SMILES string of the molecule is CCCOc1cccc(CC(CC)C(=O)OC)c1. The van der Waals surface area contributed by atoms with Gasteiger partial charge >= 0.3 is 5.97 Å². The summed E-state index contributed by atoms with van der Waals surface area (Å²) in [5.41, 5.74) is 1.11. The summed E-state index contributed by atoms with van der Waals surface area (Å²) in [6.07, 6.45) is 2.48. The van der Waals surface area contributed by atoms with Gasteiger partial charge in [-0.1, -0.05) is 26.0 Å². The second-order valence-electron chi connectivity index (χ2n) is 4.33. The molecule has 0 N–H and O–H groups in total. The van der Waals surface area contributed by atoms with Crippen LogP contribution in [0.3, 0.4) is 0 Å². The first kappa shape index (κ1) is 14.6. The second kappa shape index (κ2) is 7.75. The molecule has 0 saturated heterocycles. The van der Waals surface area contributed by atoms with Gasteiger partial charge in [0.2, 0.25) is 0 Å². The minimum Gasteiger partial charge on any atom is -0.494 e. The Morgan fingerprint density at radius 3 is 2.72 bits per heavy atom. The standard InChI is InChI=1S/C15H22O3/c1-4-9-18-14-8-6-7-12(11-14)10-13(5-2)15(16)17-3/h6-8,11,13H,4-5,9-10H2,1-3H3.